The van der Waals surface area contributed by atoms with Gasteiger partial charge in [0.1, 0.15) is 5.60 Å². The number of methoxy groups -OCH3 is 1. The van der Waals surface area contributed by atoms with Gasteiger partial charge in [-0.1, -0.05) is 11.2 Å². The fraction of sp³-hybridized carbons (Fsp3) is 0.467. The normalized spacial score (nSPS) is 17.5. The maximum absolute atomic E-state index is 5.83. The zero-order chi connectivity index (χ0) is 14.2. The van der Waals surface area contributed by atoms with Crippen molar-refractivity contribution in [2.24, 2.45) is 0 Å². The molecule has 0 bridgehead atoms. The number of aryl methyl sites for hydroxylation is 1. The summed E-state index contributed by atoms with van der Waals surface area (Å²) in [5.41, 5.74) is 8.08. The number of aromatic nitrogens is 2. The van der Waals surface area contributed by atoms with Crippen molar-refractivity contribution in [1.29, 1.82) is 0 Å². The average Bonchev–Trinajstić information content (AvgIpc) is 3.10. The summed E-state index contributed by atoms with van der Waals surface area (Å²) in [6, 6.07) is 5.68. The highest BCUT2D eigenvalue weighted by Crippen LogP contribution is 2.40. The molecule has 2 aromatic rings. The van der Waals surface area contributed by atoms with E-state index in [0.717, 1.165) is 36.8 Å². The summed E-state index contributed by atoms with van der Waals surface area (Å²) < 4.78 is 11.1. The summed E-state index contributed by atoms with van der Waals surface area (Å²) in [6.45, 7) is 2.00. The molecule has 0 aliphatic heterocycles. The predicted octanol–water partition coefficient (Wildman–Crippen LogP) is 3.04. The van der Waals surface area contributed by atoms with Gasteiger partial charge in [0.2, 0.25) is 5.82 Å². The second-order valence-electron chi connectivity index (χ2n) is 5.40. The highest BCUT2D eigenvalue weighted by Gasteiger charge is 2.40. The topological polar surface area (TPSA) is 74.2 Å². The quantitative estimate of drug-likeness (QED) is 0.870. The predicted molar refractivity (Wildman–Crippen MR) is 76.0 cm³/mol. The fourth-order valence-corrected chi connectivity index (χ4v) is 2.85. The van der Waals surface area contributed by atoms with Crippen molar-refractivity contribution in [2.75, 3.05) is 12.8 Å². The molecule has 0 atom stereocenters. The second-order valence-corrected chi connectivity index (χ2v) is 5.40. The standard InChI is InChI=1S/C15H19N3O2/c1-10-5-6-11(16)9-12(10)13-17-14(18-20-13)15(19-2)7-3-4-8-15/h5-6,9H,3-4,7-8,16H2,1-2H3. The van der Waals surface area contributed by atoms with E-state index in [9.17, 15) is 0 Å². The van der Waals surface area contributed by atoms with E-state index >= 15 is 0 Å². The first-order chi connectivity index (χ1) is 9.64. The van der Waals surface area contributed by atoms with Gasteiger partial charge in [-0.3, -0.25) is 0 Å². The monoisotopic (exact) mass is 273 g/mol. The molecule has 106 valence electrons. The molecule has 1 aromatic heterocycles. The Hall–Kier alpha value is -1.88. The van der Waals surface area contributed by atoms with E-state index in [1.54, 1.807) is 7.11 Å². The highest BCUT2D eigenvalue weighted by atomic mass is 16.5. The van der Waals surface area contributed by atoms with Crippen molar-refractivity contribution < 1.29 is 9.26 Å². The van der Waals surface area contributed by atoms with Crippen molar-refractivity contribution in [3.8, 4) is 11.5 Å². The van der Waals surface area contributed by atoms with Crippen molar-refractivity contribution in [1.82, 2.24) is 10.1 Å². The van der Waals surface area contributed by atoms with Gasteiger partial charge in [-0.05, 0) is 50.3 Å². The molecular formula is C15H19N3O2. The zero-order valence-electron chi connectivity index (χ0n) is 11.8. The number of nitrogen functional groups attached to an aromatic ring is 1. The van der Waals surface area contributed by atoms with Crippen LogP contribution in [0.15, 0.2) is 22.7 Å². The minimum Gasteiger partial charge on any atom is -0.399 e. The molecular weight excluding hydrogens is 254 g/mol. The molecule has 1 heterocycles. The first-order valence-electron chi connectivity index (χ1n) is 6.90. The van der Waals surface area contributed by atoms with Crippen molar-refractivity contribution in [3.05, 3.63) is 29.6 Å². The maximum atomic E-state index is 5.83. The Bertz CT molecular complexity index is 615. The van der Waals surface area contributed by atoms with Gasteiger partial charge in [-0.25, -0.2) is 0 Å². The Morgan fingerprint density at radius 1 is 1.30 bits per heavy atom. The zero-order valence-corrected chi connectivity index (χ0v) is 11.8. The molecule has 1 aliphatic rings. The van der Waals surface area contributed by atoms with Gasteiger partial charge < -0.3 is 15.0 Å². The minimum atomic E-state index is -0.379. The molecule has 0 spiro atoms. The van der Waals surface area contributed by atoms with Crippen LogP contribution >= 0.6 is 0 Å². The highest BCUT2D eigenvalue weighted by molar-refractivity contribution is 5.63. The first-order valence-corrected chi connectivity index (χ1v) is 6.90. The van der Waals surface area contributed by atoms with Crippen LogP contribution in [0.1, 0.15) is 37.1 Å². The van der Waals surface area contributed by atoms with E-state index in [2.05, 4.69) is 10.1 Å². The number of nitrogens with two attached hydrogens (primary N) is 1. The minimum absolute atomic E-state index is 0.379. The molecule has 1 saturated carbocycles. The number of rotatable bonds is 3. The number of anilines is 1. The van der Waals surface area contributed by atoms with Crippen LogP contribution in [0.3, 0.4) is 0 Å². The maximum Gasteiger partial charge on any atom is 0.258 e. The number of benzene rings is 1. The van der Waals surface area contributed by atoms with Crippen LogP contribution in [0, 0.1) is 6.92 Å². The number of nitrogens with zero attached hydrogens (tertiary/aromatic N) is 2. The molecule has 1 aliphatic carbocycles. The van der Waals surface area contributed by atoms with E-state index in [0.29, 0.717) is 17.4 Å². The lowest BCUT2D eigenvalue weighted by atomic mass is 10.0. The lowest BCUT2D eigenvalue weighted by Crippen LogP contribution is -2.25. The molecule has 5 heteroatoms. The van der Waals surface area contributed by atoms with Crippen LogP contribution in [-0.4, -0.2) is 17.3 Å². The number of hydrogen-bond donors (Lipinski definition) is 1. The lowest BCUT2D eigenvalue weighted by Gasteiger charge is -2.22. The van der Waals surface area contributed by atoms with E-state index in [1.807, 2.05) is 25.1 Å². The third kappa shape index (κ3) is 2.08. The summed E-state index contributed by atoms with van der Waals surface area (Å²) in [4.78, 5) is 4.55. The van der Waals surface area contributed by atoms with Crippen LogP contribution in [0.25, 0.3) is 11.5 Å². The summed E-state index contributed by atoms with van der Waals surface area (Å²) in [6.07, 6.45) is 4.15. The van der Waals surface area contributed by atoms with Gasteiger partial charge in [0, 0.05) is 18.4 Å². The van der Waals surface area contributed by atoms with Crippen molar-refractivity contribution >= 4 is 5.69 Å². The molecule has 0 radical (unpaired) electrons. The second kappa shape index (κ2) is 4.90. The van der Waals surface area contributed by atoms with E-state index in [4.69, 9.17) is 15.0 Å². The molecule has 1 aromatic carbocycles. The third-order valence-corrected chi connectivity index (χ3v) is 4.13. The summed E-state index contributed by atoms with van der Waals surface area (Å²) in [5.74, 6) is 1.16. The molecule has 1 fully saturated rings. The molecule has 0 amide bonds. The molecule has 0 saturated heterocycles. The van der Waals surface area contributed by atoms with Crippen LogP contribution in [-0.2, 0) is 10.3 Å². The molecule has 0 unspecified atom stereocenters. The van der Waals surface area contributed by atoms with Gasteiger partial charge in [-0.15, -0.1) is 0 Å². The number of hydrogen-bond acceptors (Lipinski definition) is 5. The fourth-order valence-electron chi connectivity index (χ4n) is 2.85. The Labute approximate surface area is 118 Å². The van der Waals surface area contributed by atoms with Gasteiger partial charge in [0.25, 0.3) is 5.89 Å². The van der Waals surface area contributed by atoms with Crippen LogP contribution in [0.2, 0.25) is 0 Å². The van der Waals surface area contributed by atoms with Crippen molar-refractivity contribution in [2.45, 2.75) is 38.2 Å². The Morgan fingerprint density at radius 3 is 2.75 bits per heavy atom. The smallest absolute Gasteiger partial charge is 0.258 e. The molecule has 2 N–H and O–H groups in total. The summed E-state index contributed by atoms with van der Waals surface area (Å²) in [5, 5.41) is 4.14. The Morgan fingerprint density at radius 2 is 2.05 bits per heavy atom. The van der Waals surface area contributed by atoms with Gasteiger partial charge >= 0.3 is 0 Å². The molecule has 5 nitrogen and oxygen atoms in total. The van der Waals surface area contributed by atoms with E-state index < -0.39 is 0 Å². The average molecular weight is 273 g/mol. The third-order valence-electron chi connectivity index (χ3n) is 4.13. The molecule has 3 rings (SSSR count). The van der Waals surface area contributed by atoms with Gasteiger partial charge in [0.05, 0.1) is 0 Å². The van der Waals surface area contributed by atoms with Gasteiger partial charge in [0.15, 0.2) is 0 Å². The first kappa shape index (κ1) is 13.1. The lowest BCUT2D eigenvalue weighted by molar-refractivity contribution is -0.0178. The largest absolute Gasteiger partial charge is 0.399 e. The van der Waals surface area contributed by atoms with Crippen LogP contribution in [0.5, 0.6) is 0 Å². The van der Waals surface area contributed by atoms with E-state index in [-0.39, 0.29) is 5.60 Å². The Kier molecular flexibility index (Phi) is 3.22. The summed E-state index contributed by atoms with van der Waals surface area (Å²) >= 11 is 0. The summed E-state index contributed by atoms with van der Waals surface area (Å²) in [7, 11) is 1.72. The van der Waals surface area contributed by atoms with Gasteiger partial charge in [-0.2, -0.15) is 4.98 Å². The number of ether oxygens (including phenoxy) is 1. The van der Waals surface area contributed by atoms with Crippen LogP contribution in [0.4, 0.5) is 5.69 Å². The Balaban J connectivity index is 2.00. The van der Waals surface area contributed by atoms with E-state index in [1.165, 1.54) is 0 Å². The SMILES string of the molecule is COC1(c2noc(-c3cc(N)ccc3C)n2)CCCC1. The van der Waals surface area contributed by atoms with Crippen molar-refractivity contribution in [3.63, 3.8) is 0 Å². The van der Waals surface area contributed by atoms with Crippen LogP contribution < -0.4 is 5.73 Å². The molecule has 20 heavy (non-hydrogen) atoms.